The lowest BCUT2D eigenvalue weighted by Crippen LogP contribution is -2.28. The summed E-state index contributed by atoms with van der Waals surface area (Å²) in [4.78, 5) is 16.5. The first-order valence-electron chi connectivity index (χ1n) is 7.40. The summed E-state index contributed by atoms with van der Waals surface area (Å²) >= 11 is 6.16. The van der Waals surface area contributed by atoms with Crippen molar-refractivity contribution in [3.8, 4) is 0 Å². The number of aliphatic hydroxyl groups excluding tert-OH is 1. The molecule has 0 fully saturated rings. The molecule has 2 aromatic rings. The highest BCUT2D eigenvalue weighted by atomic mass is 35.5. The number of rotatable bonds is 3. The Balaban J connectivity index is 2.43. The molecule has 23 heavy (non-hydrogen) atoms. The number of nitrogens with one attached hydrogen (secondary N) is 1. The van der Waals surface area contributed by atoms with Crippen LogP contribution < -0.4 is 5.32 Å². The van der Waals surface area contributed by atoms with Crippen molar-refractivity contribution in [3.05, 3.63) is 58.4 Å². The summed E-state index contributed by atoms with van der Waals surface area (Å²) in [5.41, 5.74) is 1.85. The van der Waals surface area contributed by atoms with Crippen molar-refractivity contribution < 1.29 is 9.90 Å². The molecule has 2 rings (SSSR count). The van der Waals surface area contributed by atoms with E-state index in [0.717, 1.165) is 5.69 Å². The zero-order valence-corrected chi connectivity index (χ0v) is 14.5. The van der Waals surface area contributed by atoms with Gasteiger partial charge in [0.05, 0.1) is 5.69 Å². The van der Waals surface area contributed by atoms with Crippen LogP contribution in [0.2, 0.25) is 5.02 Å². The highest BCUT2D eigenvalue weighted by molar-refractivity contribution is 6.31. The van der Waals surface area contributed by atoms with Gasteiger partial charge in [-0.15, -0.1) is 0 Å². The van der Waals surface area contributed by atoms with Crippen LogP contribution in [0.1, 0.15) is 43.7 Å². The van der Waals surface area contributed by atoms with Crippen LogP contribution in [0, 0.1) is 12.3 Å². The molecule has 4 nitrogen and oxygen atoms in total. The number of halogens is 1. The highest BCUT2D eigenvalue weighted by Gasteiger charge is 2.24. The van der Waals surface area contributed by atoms with Crippen molar-refractivity contribution in [3.63, 3.8) is 0 Å². The summed E-state index contributed by atoms with van der Waals surface area (Å²) < 4.78 is 0. The first-order valence-corrected chi connectivity index (χ1v) is 7.78. The number of aryl methyl sites for hydroxylation is 1. The van der Waals surface area contributed by atoms with Crippen LogP contribution in [0.25, 0.3) is 0 Å². The van der Waals surface area contributed by atoms with Crippen molar-refractivity contribution in [1.82, 2.24) is 4.98 Å². The third-order valence-corrected chi connectivity index (χ3v) is 3.84. The average molecular weight is 333 g/mol. The predicted octanol–water partition coefficient (Wildman–Crippen LogP) is 4.11. The molecule has 0 aliphatic heterocycles. The molecule has 1 unspecified atom stereocenters. The van der Waals surface area contributed by atoms with Gasteiger partial charge in [-0.1, -0.05) is 50.6 Å². The number of aliphatic hydroxyl groups is 1. The maximum absolute atomic E-state index is 12.3. The Bertz CT molecular complexity index is 723. The third-order valence-electron chi connectivity index (χ3n) is 3.50. The van der Waals surface area contributed by atoms with E-state index < -0.39 is 11.5 Å². The maximum Gasteiger partial charge on any atom is 0.229 e. The van der Waals surface area contributed by atoms with E-state index in [9.17, 15) is 9.90 Å². The number of carbonyl (C=O) groups excluding carboxylic acids is 1. The van der Waals surface area contributed by atoms with E-state index in [-0.39, 0.29) is 5.91 Å². The van der Waals surface area contributed by atoms with Gasteiger partial charge in [-0.3, -0.25) is 9.78 Å². The Hall–Kier alpha value is -1.91. The summed E-state index contributed by atoms with van der Waals surface area (Å²) in [7, 11) is 0. The summed E-state index contributed by atoms with van der Waals surface area (Å²) in [6.45, 7) is 7.33. The fourth-order valence-electron chi connectivity index (χ4n) is 2.07. The van der Waals surface area contributed by atoms with Crippen molar-refractivity contribution >= 4 is 23.2 Å². The third kappa shape index (κ3) is 4.09. The predicted molar refractivity (Wildman–Crippen MR) is 92.6 cm³/mol. The molecule has 1 heterocycles. The SMILES string of the molecule is Cc1cc(NC(=O)C(C)(C)C)c(C(O)c2ccccc2Cl)cn1. The molecular formula is C18H21ClN2O2. The van der Waals surface area contributed by atoms with Crippen molar-refractivity contribution in [2.45, 2.75) is 33.8 Å². The second-order valence-electron chi connectivity index (χ2n) is 6.54. The summed E-state index contributed by atoms with van der Waals surface area (Å²) in [6.07, 6.45) is 0.605. The van der Waals surface area contributed by atoms with Crippen molar-refractivity contribution in [2.75, 3.05) is 5.32 Å². The van der Waals surface area contributed by atoms with Crippen LogP contribution >= 0.6 is 11.6 Å². The molecule has 2 N–H and O–H groups in total. The minimum Gasteiger partial charge on any atom is -0.383 e. The lowest BCUT2D eigenvalue weighted by molar-refractivity contribution is -0.123. The van der Waals surface area contributed by atoms with Crippen LogP contribution in [0.15, 0.2) is 36.5 Å². The number of benzene rings is 1. The number of hydrogen-bond donors (Lipinski definition) is 2. The first-order chi connectivity index (χ1) is 10.7. The molecule has 0 bridgehead atoms. The molecule has 1 atom stereocenters. The van der Waals surface area contributed by atoms with Gasteiger partial charge in [0.25, 0.3) is 0 Å². The van der Waals surface area contributed by atoms with Gasteiger partial charge < -0.3 is 10.4 Å². The highest BCUT2D eigenvalue weighted by Crippen LogP contribution is 2.32. The van der Waals surface area contributed by atoms with E-state index in [2.05, 4.69) is 10.3 Å². The van der Waals surface area contributed by atoms with Crippen LogP contribution in [-0.4, -0.2) is 16.0 Å². The second kappa shape index (κ2) is 6.69. The van der Waals surface area contributed by atoms with E-state index >= 15 is 0 Å². The molecule has 0 aliphatic rings. The fraction of sp³-hybridized carbons (Fsp3) is 0.333. The number of amides is 1. The van der Waals surface area contributed by atoms with E-state index in [1.54, 1.807) is 36.5 Å². The standard InChI is InChI=1S/C18H21ClN2O2/c1-11-9-15(21-17(23)18(2,3)4)13(10-20-11)16(22)12-7-5-6-8-14(12)19/h5-10,16,22H,1-4H3,(H,20,21,23). The number of nitrogens with zero attached hydrogens (tertiary/aromatic N) is 1. The van der Waals surface area contributed by atoms with E-state index in [4.69, 9.17) is 11.6 Å². The van der Waals surface area contributed by atoms with Gasteiger partial charge in [-0.25, -0.2) is 0 Å². The Morgan fingerprint density at radius 3 is 2.52 bits per heavy atom. The number of hydrogen-bond acceptors (Lipinski definition) is 3. The molecule has 5 heteroatoms. The quantitative estimate of drug-likeness (QED) is 0.889. The number of anilines is 1. The largest absolute Gasteiger partial charge is 0.383 e. The molecule has 0 saturated carbocycles. The van der Waals surface area contributed by atoms with Crippen molar-refractivity contribution in [2.24, 2.45) is 5.41 Å². The molecule has 122 valence electrons. The van der Waals surface area contributed by atoms with E-state index in [0.29, 0.717) is 21.8 Å². The Labute approximate surface area is 141 Å². The van der Waals surface area contributed by atoms with Crippen molar-refractivity contribution in [1.29, 1.82) is 0 Å². The molecule has 0 radical (unpaired) electrons. The Morgan fingerprint density at radius 1 is 1.26 bits per heavy atom. The van der Waals surface area contributed by atoms with Gasteiger partial charge in [0.1, 0.15) is 6.10 Å². The van der Waals surface area contributed by atoms with E-state index in [1.165, 1.54) is 0 Å². The number of pyridine rings is 1. The molecule has 1 amide bonds. The van der Waals surface area contributed by atoms with Gasteiger partial charge >= 0.3 is 0 Å². The normalized spacial score (nSPS) is 12.8. The lowest BCUT2D eigenvalue weighted by Gasteiger charge is -2.22. The summed E-state index contributed by atoms with van der Waals surface area (Å²) in [5, 5.41) is 14.0. The molecular weight excluding hydrogens is 312 g/mol. The average Bonchev–Trinajstić information content (AvgIpc) is 2.46. The number of carbonyl (C=O) groups is 1. The topological polar surface area (TPSA) is 62.2 Å². The lowest BCUT2D eigenvalue weighted by atomic mass is 9.94. The molecule has 0 spiro atoms. The minimum atomic E-state index is -0.966. The van der Waals surface area contributed by atoms with Gasteiger partial charge in [0.2, 0.25) is 5.91 Å². The maximum atomic E-state index is 12.3. The van der Waals surface area contributed by atoms with Crippen LogP contribution in [0.5, 0.6) is 0 Å². The second-order valence-corrected chi connectivity index (χ2v) is 6.95. The summed E-state index contributed by atoms with van der Waals surface area (Å²) in [6, 6.07) is 8.82. The van der Waals surface area contributed by atoms with Crippen LogP contribution in [-0.2, 0) is 4.79 Å². The molecule has 0 saturated heterocycles. The van der Waals surface area contributed by atoms with Gasteiger partial charge in [0, 0.05) is 33.5 Å². The first kappa shape index (κ1) is 17.4. The Kier molecular flexibility index (Phi) is 5.07. The molecule has 1 aromatic carbocycles. The van der Waals surface area contributed by atoms with Gasteiger partial charge in [-0.05, 0) is 19.1 Å². The van der Waals surface area contributed by atoms with Crippen LogP contribution in [0.4, 0.5) is 5.69 Å². The summed E-state index contributed by atoms with van der Waals surface area (Å²) in [5.74, 6) is -0.129. The van der Waals surface area contributed by atoms with Crippen LogP contribution in [0.3, 0.4) is 0 Å². The van der Waals surface area contributed by atoms with E-state index in [1.807, 2.05) is 27.7 Å². The molecule has 0 aliphatic carbocycles. The fourth-order valence-corrected chi connectivity index (χ4v) is 2.31. The minimum absolute atomic E-state index is 0.129. The smallest absolute Gasteiger partial charge is 0.229 e. The zero-order chi connectivity index (χ0) is 17.2. The van der Waals surface area contributed by atoms with Gasteiger partial charge in [-0.2, -0.15) is 0 Å². The number of aromatic nitrogens is 1. The monoisotopic (exact) mass is 332 g/mol. The Morgan fingerprint density at radius 2 is 1.91 bits per heavy atom. The zero-order valence-electron chi connectivity index (χ0n) is 13.7. The van der Waals surface area contributed by atoms with Gasteiger partial charge in [0.15, 0.2) is 0 Å². The molecule has 1 aromatic heterocycles.